The lowest BCUT2D eigenvalue weighted by Crippen LogP contribution is -2.48. The van der Waals surface area contributed by atoms with E-state index in [2.05, 4.69) is 10.6 Å². The van der Waals surface area contributed by atoms with E-state index in [1.54, 1.807) is 19.9 Å². The molecule has 10 heteroatoms. The monoisotopic (exact) mass is 416 g/mol. The molecule has 0 bridgehead atoms. The maximum Gasteiger partial charge on any atom is 0.322 e. The van der Waals surface area contributed by atoms with Crippen LogP contribution in [0.15, 0.2) is 53.7 Å². The summed E-state index contributed by atoms with van der Waals surface area (Å²) in [7, 11) is 0. The highest BCUT2D eigenvalue weighted by Gasteiger charge is 2.35. The summed E-state index contributed by atoms with van der Waals surface area (Å²) in [6.45, 7) is 3.58. The number of anilines is 1. The van der Waals surface area contributed by atoms with Crippen molar-refractivity contribution in [2.45, 2.75) is 19.9 Å². The van der Waals surface area contributed by atoms with Crippen molar-refractivity contribution in [1.29, 1.82) is 0 Å². The van der Waals surface area contributed by atoms with Crippen LogP contribution in [0.1, 0.15) is 25.5 Å². The third kappa shape index (κ3) is 3.97. The van der Waals surface area contributed by atoms with Crippen LogP contribution in [0.25, 0.3) is 0 Å². The number of nitrogens with one attached hydrogen (secondary N) is 2. The fraction of sp³-hybridized carbons (Fsp3) is 0.200. The number of amides is 3. The molecule has 1 atom stereocenters. The summed E-state index contributed by atoms with van der Waals surface area (Å²) in [5, 5.41) is 16.3. The average molecular weight is 416 g/mol. The summed E-state index contributed by atoms with van der Waals surface area (Å²) in [5.74, 6) is -2.84. The Bertz CT molecular complexity index is 1070. The van der Waals surface area contributed by atoms with Crippen LogP contribution in [0.5, 0.6) is 0 Å². The molecule has 0 saturated carbocycles. The number of rotatable bonds is 5. The summed E-state index contributed by atoms with van der Waals surface area (Å²) < 4.78 is 26.7. The van der Waals surface area contributed by atoms with Gasteiger partial charge in [-0.2, -0.15) is 0 Å². The van der Waals surface area contributed by atoms with Crippen molar-refractivity contribution in [3.05, 3.63) is 81.0 Å². The van der Waals surface area contributed by atoms with Crippen LogP contribution in [-0.2, 0) is 4.79 Å². The van der Waals surface area contributed by atoms with Crippen LogP contribution in [0.2, 0.25) is 0 Å². The first-order valence-electron chi connectivity index (χ1n) is 9.02. The predicted molar refractivity (Wildman–Crippen MR) is 104 cm³/mol. The standard InChI is InChI=1S/C20H18F2N4O4/c1-3-25-11(2)17(19(27)23-13-7-8-15(21)16(22)10-13)18(24-20(25)28)12-5-4-6-14(9-12)26(29)30/h4-10,18H,3H2,1-2H3,(H,23,27)(H,24,28)/t18-/m1/s1. The number of halogens is 2. The molecule has 1 heterocycles. The van der Waals surface area contributed by atoms with Gasteiger partial charge in [0, 0.05) is 36.1 Å². The lowest BCUT2D eigenvalue weighted by molar-refractivity contribution is -0.384. The maximum absolute atomic E-state index is 13.5. The molecule has 156 valence electrons. The van der Waals surface area contributed by atoms with Crippen molar-refractivity contribution < 1.29 is 23.3 Å². The van der Waals surface area contributed by atoms with Crippen LogP contribution in [0.4, 0.5) is 25.0 Å². The number of nitro groups is 1. The van der Waals surface area contributed by atoms with Gasteiger partial charge < -0.3 is 10.6 Å². The van der Waals surface area contributed by atoms with Gasteiger partial charge in [-0.25, -0.2) is 13.6 Å². The summed E-state index contributed by atoms with van der Waals surface area (Å²) in [4.78, 5) is 37.4. The minimum absolute atomic E-state index is 0.0249. The van der Waals surface area contributed by atoms with Gasteiger partial charge in [-0.1, -0.05) is 12.1 Å². The minimum atomic E-state index is -1.12. The second-order valence-electron chi connectivity index (χ2n) is 6.56. The number of hydrogen-bond donors (Lipinski definition) is 2. The lowest BCUT2D eigenvalue weighted by Gasteiger charge is -2.35. The van der Waals surface area contributed by atoms with Gasteiger partial charge in [0.15, 0.2) is 11.6 Å². The smallest absolute Gasteiger partial charge is 0.322 e. The second kappa shape index (κ2) is 8.27. The van der Waals surface area contributed by atoms with Gasteiger partial charge in [-0.3, -0.25) is 19.8 Å². The first-order valence-corrected chi connectivity index (χ1v) is 9.02. The molecule has 2 aromatic carbocycles. The molecule has 1 aliphatic rings. The topological polar surface area (TPSA) is 105 Å². The predicted octanol–water partition coefficient (Wildman–Crippen LogP) is 3.87. The molecular formula is C20H18F2N4O4. The molecule has 0 fully saturated rings. The molecular weight excluding hydrogens is 398 g/mol. The van der Waals surface area contributed by atoms with Crippen molar-refractivity contribution >= 4 is 23.3 Å². The van der Waals surface area contributed by atoms with Crippen LogP contribution in [-0.4, -0.2) is 28.3 Å². The Balaban J connectivity index is 2.04. The van der Waals surface area contributed by atoms with E-state index in [4.69, 9.17) is 0 Å². The largest absolute Gasteiger partial charge is 0.326 e. The van der Waals surface area contributed by atoms with Gasteiger partial charge in [0.25, 0.3) is 11.6 Å². The van der Waals surface area contributed by atoms with Gasteiger partial charge in [-0.15, -0.1) is 0 Å². The Morgan fingerprint density at radius 2 is 1.97 bits per heavy atom. The number of nitro benzene ring substituents is 1. The molecule has 30 heavy (non-hydrogen) atoms. The Hall–Kier alpha value is -3.82. The molecule has 0 spiro atoms. The van der Waals surface area contributed by atoms with E-state index in [0.29, 0.717) is 11.3 Å². The molecule has 0 saturated heterocycles. The van der Waals surface area contributed by atoms with E-state index in [-0.39, 0.29) is 23.5 Å². The molecule has 0 aromatic heterocycles. The second-order valence-corrected chi connectivity index (χ2v) is 6.56. The Kier molecular flexibility index (Phi) is 5.77. The molecule has 0 aliphatic carbocycles. The van der Waals surface area contributed by atoms with Gasteiger partial charge in [0.1, 0.15) is 0 Å². The molecule has 3 rings (SSSR count). The molecule has 2 N–H and O–H groups in total. The van der Waals surface area contributed by atoms with Gasteiger partial charge in [0.05, 0.1) is 16.5 Å². The SMILES string of the molecule is CCN1C(=O)N[C@H](c2cccc([N+](=O)[O-])c2)C(C(=O)Nc2ccc(F)c(F)c2)=C1C. The first-order chi connectivity index (χ1) is 14.2. The number of carbonyl (C=O) groups excluding carboxylic acids is 2. The molecule has 2 aromatic rings. The third-order valence-corrected chi connectivity index (χ3v) is 4.75. The van der Waals surface area contributed by atoms with E-state index < -0.39 is 34.5 Å². The van der Waals surface area contributed by atoms with E-state index >= 15 is 0 Å². The third-order valence-electron chi connectivity index (χ3n) is 4.75. The van der Waals surface area contributed by atoms with Gasteiger partial charge in [-0.05, 0) is 31.5 Å². The minimum Gasteiger partial charge on any atom is -0.326 e. The summed E-state index contributed by atoms with van der Waals surface area (Å²) in [6, 6.07) is 7.06. The normalized spacial score (nSPS) is 16.3. The number of benzene rings is 2. The highest BCUT2D eigenvalue weighted by Crippen LogP contribution is 2.32. The lowest BCUT2D eigenvalue weighted by atomic mass is 9.93. The highest BCUT2D eigenvalue weighted by atomic mass is 19.2. The zero-order chi connectivity index (χ0) is 22.0. The van der Waals surface area contributed by atoms with Crippen LogP contribution in [0, 0.1) is 21.7 Å². The van der Waals surface area contributed by atoms with Crippen LogP contribution >= 0.6 is 0 Å². The van der Waals surface area contributed by atoms with Crippen molar-refractivity contribution in [2.24, 2.45) is 0 Å². The zero-order valence-electron chi connectivity index (χ0n) is 16.1. The zero-order valence-corrected chi connectivity index (χ0v) is 16.1. The summed E-state index contributed by atoms with van der Waals surface area (Å²) >= 11 is 0. The van der Waals surface area contributed by atoms with Crippen LogP contribution in [0.3, 0.4) is 0 Å². The van der Waals surface area contributed by atoms with Crippen molar-refractivity contribution in [1.82, 2.24) is 10.2 Å². The van der Waals surface area contributed by atoms with Crippen LogP contribution < -0.4 is 10.6 Å². The fourth-order valence-corrected chi connectivity index (χ4v) is 3.30. The van der Waals surface area contributed by atoms with Crippen molar-refractivity contribution in [3.8, 4) is 0 Å². The number of hydrogen-bond acceptors (Lipinski definition) is 4. The summed E-state index contributed by atoms with van der Waals surface area (Å²) in [5.41, 5.74) is 0.636. The highest BCUT2D eigenvalue weighted by molar-refractivity contribution is 6.06. The quantitative estimate of drug-likeness (QED) is 0.570. The Morgan fingerprint density at radius 1 is 1.23 bits per heavy atom. The molecule has 3 amide bonds. The average Bonchev–Trinajstić information content (AvgIpc) is 2.70. The number of allylic oxidation sites excluding steroid dienone is 1. The number of urea groups is 1. The first kappa shape index (κ1) is 20.9. The Morgan fingerprint density at radius 3 is 2.60 bits per heavy atom. The number of non-ortho nitro benzene ring substituents is 1. The molecule has 1 aliphatic heterocycles. The Labute approximate surface area is 170 Å². The molecule has 8 nitrogen and oxygen atoms in total. The maximum atomic E-state index is 13.5. The van der Waals surface area contributed by atoms with Gasteiger partial charge >= 0.3 is 6.03 Å². The number of carbonyl (C=O) groups is 2. The van der Waals surface area contributed by atoms with Gasteiger partial charge in [0.2, 0.25) is 0 Å². The van der Waals surface area contributed by atoms with Crippen molar-refractivity contribution in [3.63, 3.8) is 0 Å². The van der Waals surface area contributed by atoms with Crippen molar-refractivity contribution in [2.75, 3.05) is 11.9 Å². The van der Waals surface area contributed by atoms with E-state index in [1.807, 2.05) is 0 Å². The van der Waals surface area contributed by atoms with E-state index in [0.717, 1.165) is 12.1 Å². The summed E-state index contributed by atoms with van der Waals surface area (Å²) in [6.07, 6.45) is 0. The van der Waals surface area contributed by atoms with E-state index in [9.17, 15) is 28.5 Å². The molecule has 0 unspecified atom stereocenters. The fourth-order valence-electron chi connectivity index (χ4n) is 3.30. The van der Waals surface area contributed by atoms with E-state index in [1.165, 1.54) is 29.2 Å². The molecule has 0 radical (unpaired) electrons. The number of nitrogens with zero attached hydrogens (tertiary/aromatic N) is 2.